The van der Waals surface area contributed by atoms with Gasteiger partial charge >= 0.3 is 5.82 Å². The van der Waals surface area contributed by atoms with E-state index in [9.17, 15) is 18.5 Å². The summed E-state index contributed by atoms with van der Waals surface area (Å²) >= 11 is 0. The van der Waals surface area contributed by atoms with Crippen molar-refractivity contribution in [2.45, 2.75) is 31.9 Å². The molecule has 0 aliphatic carbocycles. The molecule has 3 rings (SSSR count). The lowest BCUT2D eigenvalue weighted by Crippen LogP contribution is -2.22. The third-order valence-electron chi connectivity index (χ3n) is 4.40. The van der Waals surface area contributed by atoms with Crippen LogP contribution in [-0.2, 0) is 23.2 Å². The van der Waals surface area contributed by atoms with Crippen LogP contribution in [0.15, 0.2) is 35.2 Å². The molecule has 0 aliphatic heterocycles. The predicted octanol–water partition coefficient (Wildman–Crippen LogP) is 2.50. The molecule has 0 amide bonds. The average molecular weight is 419 g/mol. The number of aromatic nitrogens is 3. The Hall–Kier alpha value is -3.05. The van der Waals surface area contributed by atoms with Gasteiger partial charge in [-0.1, -0.05) is 0 Å². The van der Waals surface area contributed by atoms with Crippen molar-refractivity contribution in [3.63, 3.8) is 0 Å². The fourth-order valence-corrected chi connectivity index (χ4v) is 3.83. The predicted molar refractivity (Wildman–Crippen MR) is 106 cm³/mol. The number of rotatable bonds is 7. The molecule has 0 atom stereocenters. The van der Waals surface area contributed by atoms with Crippen LogP contribution in [0.3, 0.4) is 0 Å². The van der Waals surface area contributed by atoms with Gasteiger partial charge in [-0.3, -0.25) is 0 Å². The highest BCUT2D eigenvalue weighted by Crippen LogP contribution is 2.27. The van der Waals surface area contributed by atoms with Crippen LogP contribution in [0.25, 0.3) is 11.0 Å². The van der Waals surface area contributed by atoms with Crippen LogP contribution in [0.5, 0.6) is 5.75 Å². The van der Waals surface area contributed by atoms with E-state index in [4.69, 9.17) is 4.74 Å². The van der Waals surface area contributed by atoms with Crippen LogP contribution in [0.2, 0.25) is 0 Å². The van der Waals surface area contributed by atoms with Gasteiger partial charge < -0.3 is 19.4 Å². The van der Waals surface area contributed by atoms with Crippen LogP contribution < -0.4 is 4.74 Å². The molecule has 0 N–H and O–H groups in total. The molecule has 3 aromatic rings. The number of aryl methyl sites for hydroxylation is 2. The number of imidazole rings is 1. The number of hydrogen-bond donors (Lipinski definition) is 0. The molecule has 0 aliphatic rings. The zero-order valence-electron chi connectivity index (χ0n) is 16.5. The Morgan fingerprint density at radius 3 is 2.55 bits per heavy atom. The maximum Gasteiger partial charge on any atom is 0.406 e. The normalized spacial score (nSPS) is 11.9. The minimum Gasteiger partial charge on any atom is -0.478 e. The monoisotopic (exact) mass is 419 g/mol. The van der Waals surface area contributed by atoms with E-state index in [0.29, 0.717) is 23.6 Å². The number of ether oxygens (including phenoxy) is 1. The van der Waals surface area contributed by atoms with Gasteiger partial charge in [-0.2, -0.15) is 0 Å². The highest BCUT2D eigenvalue weighted by Gasteiger charge is 2.21. The number of pyridine rings is 1. The van der Waals surface area contributed by atoms with Crippen LogP contribution in [-0.4, -0.2) is 46.3 Å². The van der Waals surface area contributed by atoms with Crippen LogP contribution in [0.4, 0.5) is 5.82 Å². The van der Waals surface area contributed by atoms with Gasteiger partial charge in [0, 0.05) is 27.6 Å². The number of benzene rings is 1. The highest BCUT2D eigenvalue weighted by molar-refractivity contribution is 7.89. The molecule has 2 heterocycles. The average Bonchev–Trinajstić information content (AvgIpc) is 3.03. The third-order valence-corrected chi connectivity index (χ3v) is 6.21. The second-order valence-corrected chi connectivity index (χ2v) is 8.68. The van der Waals surface area contributed by atoms with Crippen molar-refractivity contribution in [3.8, 4) is 5.75 Å². The van der Waals surface area contributed by atoms with Gasteiger partial charge in [0.2, 0.25) is 15.8 Å². The van der Waals surface area contributed by atoms with Gasteiger partial charge in [-0.15, -0.1) is 0 Å². The molecule has 11 heteroatoms. The van der Waals surface area contributed by atoms with Crippen molar-refractivity contribution in [3.05, 3.63) is 52.0 Å². The molecule has 154 valence electrons. The Balaban J connectivity index is 1.97. The topological polar surface area (TPSA) is 120 Å². The zero-order valence-corrected chi connectivity index (χ0v) is 17.3. The van der Waals surface area contributed by atoms with Crippen molar-refractivity contribution in [2.24, 2.45) is 0 Å². The minimum atomic E-state index is -3.58. The molecule has 2 aromatic heterocycles. The molecule has 0 radical (unpaired) electrons. The number of nitrogens with zero attached hydrogens (tertiary/aromatic N) is 5. The molecule has 0 bridgehead atoms. The van der Waals surface area contributed by atoms with Gasteiger partial charge in [0.05, 0.1) is 15.9 Å². The molecule has 0 saturated carbocycles. The molecule has 29 heavy (non-hydrogen) atoms. The first kappa shape index (κ1) is 20.7. The van der Waals surface area contributed by atoms with Crippen molar-refractivity contribution in [1.82, 2.24) is 18.8 Å². The van der Waals surface area contributed by atoms with Crippen molar-refractivity contribution >= 4 is 26.9 Å². The van der Waals surface area contributed by atoms with Gasteiger partial charge in [0.25, 0.3) is 0 Å². The van der Waals surface area contributed by atoms with Gasteiger partial charge in [-0.05, 0) is 47.2 Å². The fraction of sp³-hybridized carbons (Fsp3) is 0.333. The summed E-state index contributed by atoms with van der Waals surface area (Å²) in [6, 6.07) is 7.87. The molecular formula is C18H21N5O5S. The maximum atomic E-state index is 12.4. The second kappa shape index (κ2) is 7.76. The van der Waals surface area contributed by atoms with Crippen molar-refractivity contribution in [1.29, 1.82) is 0 Å². The van der Waals surface area contributed by atoms with Gasteiger partial charge in [0.15, 0.2) is 0 Å². The summed E-state index contributed by atoms with van der Waals surface area (Å²) in [5, 5.41) is 11.2. The maximum absolute atomic E-state index is 12.4. The second-order valence-electron chi connectivity index (χ2n) is 6.53. The fourth-order valence-electron chi connectivity index (χ4n) is 2.91. The van der Waals surface area contributed by atoms with E-state index in [0.717, 1.165) is 9.82 Å². The highest BCUT2D eigenvalue weighted by atomic mass is 32.2. The van der Waals surface area contributed by atoms with E-state index in [2.05, 4.69) is 9.97 Å². The molecular weight excluding hydrogens is 398 g/mol. The summed E-state index contributed by atoms with van der Waals surface area (Å²) < 4.78 is 33.4. The largest absolute Gasteiger partial charge is 0.478 e. The Bertz CT molecular complexity index is 1190. The third kappa shape index (κ3) is 3.91. The summed E-state index contributed by atoms with van der Waals surface area (Å²) in [5.41, 5.74) is 1.77. The summed E-state index contributed by atoms with van der Waals surface area (Å²) in [5.74, 6) is 0.214. The van der Waals surface area contributed by atoms with E-state index >= 15 is 0 Å². The first-order valence-corrected chi connectivity index (χ1v) is 10.3. The van der Waals surface area contributed by atoms with Crippen LogP contribution in [0.1, 0.15) is 18.4 Å². The number of sulfonamides is 1. The SMILES string of the molecule is CCn1c(COc2ccc(C)nc2[N+](=O)[O-])nc2cc(S(=O)(=O)N(C)C)ccc21. The lowest BCUT2D eigenvalue weighted by atomic mass is 10.3. The van der Waals surface area contributed by atoms with E-state index in [1.165, 1.54) is 32.3 Å². The first-order valence-electron chi connectivity index (χ1n) is 8.81. The van der Waals surface area contributed by atoms with Crippen LogP contribution in [0, 0.1) is 17.0 Å². The lowest BCUT2D eigenvalue weighted by Gasteiger charge is -2.11. The Labute approximate surface area is 168 Å². The van der Waals surface area contributed by atoms with Crippen LogP contribution >= 0.6 is 0 Å². The molecule has 0 fully saturated rings. The van der Waals surface area contributed by atoms with Gasteiger partial charge in [0.1, 0.15) is 18.1 Å². The van der Waals surface area contributed by atoms with Gasteiger partial charge in [-0.25, -0.2) is 17.7 Å². The molecule has 10 nitrogen and oxygen atoms in total. The minimum absolute atomic E-state index is 0.0239. The standard InChI is InChI=1S/C18H21N5O5S/c1-5-22-15-8-7-13(29(26,27)21(3)4)10-14(15)20-17(22)11-28-16-9-6-12(2)19-18(16)23(24)25/h6-10H,5,11H2,1-4H3. The van der Waals surface area contributed by atoms with E-state index in [1.54, 1.807) is 19.1 Å². The first-order chi connectivity index (χ1) is 13.6. The number of nitro groups is 1. The number of fused-ring (bicyclic) bond motifs is 1. The smallest absolute Gasteiger partial charge is 0.406 e. The summed E-state index contributed by atoms with van der Waals surface area (Å²) in [6.07, 6.45) is 0. The molecule has 0 spiro atoms. The number of hydrogen-bond acceptors (Lipinski definition) is 7. The van der Waals surface area contributed by atoms with E-state index < -0.39 is 14.9 Å². The quantitative estimate of drug-likeness (QED) is 0.426. The molecule has 0 unspecified atom stereocenters. The van der Waals surface area contributed by atoms with Crippen molar-refractivity contribution in [2.75, 3.05) is 14.1 Å². The summed E-state index contributed by atoms with van der Waals surface area (Å²) in [4.78, 5) is 19.2. The summed E-state index contributed by atoms with van der Waals surface area (Å²) in [7, 11) is -0.655. The Morgan fingerprint density at radius 1 is 1.21 bits per heavy atom. The molecule has 0 saturated heterocycles. The zero-order chi connectivity index (χ0) is 21.3. The summed E-state index contributed by atoms with van der Waals surface area (Å²) in [6.45, 7) is 4.13. The van der Waals surface area contributed by atoms with E-state index in [-0.39, 0.29) is 23.1 Å². The van der Waals surface area contributed by atoms with E-state index in [1.807, 2.05) is 11.5 Å². The Kier molecular flexibility index (Phi) is 5.53. The Morgan fingerprint density at radius 2 is 1.93 bits per heavy atom. The molecule has 1 aromatic carbocycles. The van der Waals surface area contributed by atoms with Crippen molar-refractivity contribution < 1.29 is 18.1 Å². The lowest BCUT2D eigenvalue weighted by molar-refractivity contribution is -0.390.